The fourth-order valence-electron chi connectivity index (χ4n) is 5.10. The van der Waals surface area contributed by atoms with Gasteiger partial charge in [-0.15, -0.1) is 10.2 Å². The monoisotopic (exact) mass is 564 g/mol. The summed E-state index contributed by atoms with van der Waals surface area (Å²) in [6.07, 6.45) is 17.2. The summed E-state index contributed by atoms with van der Waals surface area (Å²) in [5, 5.41) is 10.9. The highest BCUT2D eigenvalue weighted by Gasteiger charge is 2.18. The minimum absolute atomic E-state index is 0.801. The van der Waals surface area contributed by atoms with Crippen molar-refractivity contribution in [1.82, 2.24) is 10.2 Å². The van der Waals surface area contributed by atoms with E-state index >= 15 is 0 Å². The molecule has 5 heteroatoms. The molecule has 0 atom stereocenters. The number of ether oxygens (including phenoxy) is 1. The van der Waals surface area contributed by atoms with Crippen LogP contribution < -0.4 is 4.74 Å². The molecule has 0 saturated heterocycles. The van der Waals surface area contributed by atoms with Crippen molar-refractivity contribution in [2.24, 2.45) is 0 Å². The molecule has 0 aliphatic rings. The van der Waals surface area contributed by atoms with Gasteiger partial charge in [-0.05, 0) is 49.1 Å². The molecule has 1 aromatic heterocycles. The van der Waals surface area contributed by atoms with Crippen molar-refractivity contribution < 1.29 is 4.74 Å². The Morgan fingerprint density at radius 3 is 1.77 bits per heavy atom. The third-order valence-electron chi connectivity index (χ3n) is 7.77. The molecule has 0 aliphatic heterocycles. The fourth-order valence-corrected chi connectivity index (χ4v) is 8.73. The highest BCUT2D eigenvalue weighted by atomic mass is 32.1. The van der Waals surface area contributed by atoms with Crippen LogP contribution in [-0.4, -0.2) is 24.9 Å². The van der Waals surface area contributed by atoms with Crippen LogP contribution in [0, 0.1) is 0 Å². The summed E-state index contributed by atoms with van der Waals surface area (Å²) in [4.78, 5) is 0. The molecule has 1 heterocycles. The molecule has 3 aromatic rings. The summed E-state index contributed by atoms with van der Waals surface area (Å²) in [5.74, 6) is 0.943. The SMILES string of the molecule is CCCCCCCCCCc1ccc(-c2nnc(-c3ccc(OCCCC[Si](C)(C)CCCC)cc3)s2)cc1. The molecule has 0 saturated carbocycles. The largest absolute Gasteiger partial charge is 0.494 e. The van der Waals surface area contributed by atoms with Gasteiger partial charge in [0.1, 0.15) is 15.8 Å². The molecule has 39 heavy (non-hydrogen) atoms. The van der Waals surface area contributed by atoms with Crippen LogP contribution >= 0.6 is 11.3 Å². The second kappa shape index (κ2) is 17.7. The summed E-state index contributed by atoms with van der Waals surface area (Å²) in [6.45, 7) is 10.5. The fraction of sp³-hybridized carbons (Fsp3) is 0.588. The van der Waals surface area contributed by atoms with E-state index in [2.05, 4.69) is 85.7 Å². The van der Waals surface area contributed by atoms with E-state index in [1.807, 2.05) is 0 Å². The smallest absolute Gasteiger partial charge is 0.148 e. The Labute approximate surface area is 243 Å². The van der Waals surface area contributed by atoms with Gasteiger partial charge in [0.15, 0.2) is 0 Å². The van der Waals surface area contributed by atoms with E-state index in [4.69, 9.17) is 4.74 Å². The molecule has 0 unspecified atom stereocenters. The Kier molecular flexibility index (Phi) is 14.3. The maximum Gasteiger partial charge on any atom is 0.148 e. The predicted octanol–water partition coefficient (Wildman–Crippen LogP) is 11.2. The molecule has 0 bridgehead atoms. The molecular weight excluding hydrogens is 513 g/mol. The number of hydrogen-bond donors (Lipinski definition) is 0. The van der Waals surface area contributed by atoms with Gasteiger partial charge in [0.05, 0.1) is 6.61 Å². The normalized spacial score (nSPS) is 11.7. The molecule has 0 N–H and O–H groups in total. The molecule has 3 nitrogen and oxygen atoms in total. The quantitative estimate of drug-likeness (QED) is 0.101. The highest BCUT2D eigenvalue weighted by molar-refractivity contribution is 7.17. The molecule has 3 rings (SSSR count). The number of nitrogens with zero attached hydrogens (tertiary/aromatic N) is 2. The van der Waals surface area contributed by atoms with E-state index < -0.39 is 8.07 Å². The van der Waals surface area contributed by atoms with Crippen molar-refractivity contribution in [2.45, 2.75) is 123 Å². The molecule has 2 aromatic carbocycles. The minimum atomic E-state index is -1.00. The average Bonchev–Trinajstić information content (AvgIpc) is 3.44. The van der Waals surface area contributed by atoms with Gasteiger partial charge in [-0.3, -0.25) is 0 Å². The third kappa shape index (κ3) is 12.0. The third-order valence-corrected chi connectivity index (χ3v) is 12.2. The van der Waals surface area contributed by atoms with Gasteiger partial charge in [0, 0.05) is 19.2 Å². The van der Waals surface area contributed by atoms with Crippen LogP contribution in [0.25, 0.3) is 21.1 Å². The Balaban J connectivity index is 1.38. The van der Waals surface area contributed by atoms with Gasteiger partial charge in [0.25, 0.3) is 0 Å². The first-order chi connectivity index (χ1) is 19.0. The van der Waals surface area contributed by atoms with Gasteiger partial charge in [-0.25, -0.2) is 0 Å². The topological polar surface area (TPSA) is 35.0 Å². The molecule has 0 fully saturated rings. The van der Waals surface area contributed by atoms with Crippen LogP contribution in [0.15, 0.2) is 48.5 Å². The van der Waals surface area contributed by atoms with Gasteiger partial charge >= 0.3 is 0 Å². The van der Waals surface area contributed by atoms with Crippen LogP contribution in [0.5, 0.6) is 5.75 Å². The highest BCUT2D eigenvalue weighted by Crippen LogP contribution is 2.31. The summed E-state index contributed by atoms with van der Waals surface area (Å²) in [6, 6.07) is 20.1. The molecule has 0 aliphatic carbocycles. The number of rotatable bonds is 20. The van der Waals surface area contributed by atoms with Crippen molar-refractivity contribution in [2.75, 3.05) is 6.61 Å². The summed E-state index contributed by atoms with van der Waals surface area (Å²) in [5.41, 5.74) is 3.67. The van der Waals surface area contributed by atoms with Crippen LogP contribution in [0.3, 0.4) is 0 Å². The Morgan fingerprint density at radius 1 is 0.615 bits per heavy atom. The van der Waals surface area contributed by atoms with Crippen molar-refractivity contribution in [1.29, 1.82) is 0 Å². The first kappa shape index (κ1) is 31.5. The molecular formula is C34H52N2OSSi. The van der Waals surface area contributed by atoms with Crippen LogP contribution in [0.4, 0.5) is 0 Å². The second-order valence-corrected chi connectivity index (χ2v) is 18.2. The Bertz CT molecular complexity index is 1050. The average molecular weight is 565 g/mol. The van der Waals surface area contributed by atoms with Crippen LogP contribution in [-0.2, 0) is 6.42 Å². The lowest BCUT2D eigenvalue weighted by Gasteiger charge is -2.21. The lowest BCUT2D eigenvalue weighted by molar-refractivity contribution is 0.309. The minimum Gasteiger partial charge on any atom is -0.494 e. The lowest BCUT2D eigenvalue weighted by atomic mass is 10.0. The predicted molar refractivity (Wildman–Crippen MR) is 174 cm³/mol. The maximum atomic E-state index is 6.02. The number of benzene rings is 2. The zero-order chi connectivity index (χ0) is 27.8. The zero-order valence-corrected chi connectivity index (χ0v) is 27.0. The zero-order valence-electron chi connectivity index (χ0n) is 25.1. The van der Waals surface area contributed by atoms with E-state index in [-0.39, 0.29) is 0 Å². The second-order valence-electron chi connectivity index (χ2n) is 11.9. The van der Waals surface area contributed by atoms with Crippen molar-refractivity contribution in [3.8, 4) is 26.9 Å². The molecule has 0 radical (unpaired) electrons. The first-order valence-electron chi connectivity index (χ1n) is 15.7. The van der Waals surface area contributed by atoms with E-state index in [0.29, 0.717) is 0 Å². The van der Waals surface area contributed by atoms with Crippen LogP contribution in [0.2, 0.25) is 25.2 Å². The van der Waals surface area contributed by atoms with Gasteiger partial charge in [0.2, 0.25) is 0 Å². The molecule has 0 spiro atoms. The Hall–Kier alpha value is -1.98. The van der Waals surface area contributed by atoms with Crippen molar-refractivity contribution in [3.63, 3.8) is 0 Å². The van der Waals surface area contributed by atoms with Crippen molar-refractivity contribution >= 4 is 19.4 Å². The number of unbranched alkanes of at least 4 members (excludes halogenated alkanes) is 9. The first-order valence-corrected chi connectivity index (χ1v) is 19.9. The molecule has 214 valence electrons. The number of hydrogen-bond acceptors (Lipinski definition) is 4. The summed E-state index contributed by atoms with van der Waals surface area (Å²) in [7, 11) is -1.00. The number of aryl methyl sites for hydroxylation is 1. The Morgan fingerprint density at radius 2 is 1.15 bits per heavy atom. The molecule has 0 amide bonds. The van der Waals surface area contributed by atoms with E-state index in [9.17, 15) is 0 Å². The van der Waals surface area contributed by atoms with Crippen molar-refractivity contribution in [3.05, 3.63) is 54.1 Å². The van der Waals surface area contributed by atoms with Crippen LogP contribution in [0.1, 0.15) is 96.5 Å². The van der Waals surface area contributed by atoms with E-state index in [1.54, 1.807) is 11.3 Å². The summed E-state index contributed by atoms with van der Waals surface area (Å²) < 4.78 is 6.02. The van der Waals surface area contributed by atoms with E-state index in [1.165, 1.54) is 94.7 Å². The van der Waals surface area contributed by atoms with E-state index in [0.717, 1.165) is 39.9 Å². The summed E-state index contributed by atoms with van der Waals surface area (Å²) >= 11 is 1.66. The standard InChI is InChI=1S/C34H52N2OSSi/c1-5-7-9-10-11-12-13-14-17-29-18-20-30(21-19-29)33-35-36-34(38-33)31-22-24-32(25-23-31)37-26-15-16-28-39(3,4)27-8-6-2/h18-25H,5-17,26-28H2,1-4H3. The van der Waals surface area contributed by atoms with Gasteiger partial charge in [-0.1, -0.05) is 139 Å². The number of aromatic nitrogens is 2. The lowest BCUT2D eigenvalue weighted by Crippen LogP contribution is -2.24. The maximum absolute atomic E-state index is 6.02. The van der Waals surface area contributed by atoms with Gasteiger partial charge < -0.3 is 4.74 Å². The van der Waals surface area contributed by atoms with Gasteiger partial charge in [-0.2, -0.15) is 0 Å².